The fraction of sp³-hybridized carbons (Fsp3) is 0.500. The second kappa shape index (κ2) is 14.9. The summed E-state index contributed by atoms with van der Waals surface area (Å²) >= 11 is 6.18. The summed E-state index contributed by atoms with van der Waals surface area (Å²) in [5.74, 6) is -0.111. The Morgan fingerprint density at radius 1 is 1.08 bits per heavy atom. The number of hydrogen-bond donors (Lipinski definition) is 3. The maximum Gasteiger partial charge on any atom is 0.406 e. The van der Waals surface area contributed by atoms with E-state index in [0.717, 1.165) is 6.42 Å². The van der Waals surface area contributed by atoms with Crippen LogP contribution in [0.5, 0.6) is 0 Å². The highest BCUT2D eigenvalue weighted by atomic mass is 35.5. The molecule has 3 N–H and O–H groups in total. The zero-order valence-electron chi connectivity index (χ0n) is 21.5. The molecule has 2 atom stereocenters. The van der Waals surface area contributed by atoms with Crippen LogP contribution in [0.4, 0.5) is 9.18 Å². The van der Waals surface area contributed by atoms with Gasteiger partial charge < -0.3 is 25.4 Å². The third-order valence-electron chi connectivity index (χ3n) is 6.76. The van der Waals surface area contributed by atoms with Gasteiger partial charge in [0, 0.05) is 35.8 Å². The Balaban J connectivity index is 1.72. The van der Waals surface area contributed by atoms with E-state index < -0.39 is 18.0 Å². The molecular formula is C28H37ClFN3O4. The molecule has 2 aromatic carbocycles. The lowest BCUT2D eigenvalue weighted by Crippen LogP contribution is -2.40. The Hall–Kier alpha value is -2.68. The second-order valence-electron chi connectivity index (χ2n) is 9.36. The summed E-state index contributed by atoms with van der Waals surface area (Å²) in [4.78, 5) is 24.4. The predicted octanol–water partition coefficient (Wildman–Crippen LogP) is 5.23. The summed E-state index contributed by atoms with van der Waals surface area (Å²) in [6, 6.07) is 11.3. The molecule has 0 heterocycles. The van der Waals surface area contributed by atoms with Crippen molar-refractivity contribution in [2.75, 3.05) is 33.9 Å². The topological polar surface area (TPSA) is 88.7 Å². The van der Waals surface area contributed by atoms with Crippen molar-refractivity contribution in [1.29, 1.82) is 0 Å². The average Bonchev–Trinajstić information content (AvgIpc) is 2.91. The first-order valence-electron chi connectivity index (χ1n) is 12.9. The maximum atomic E-state index is 15.0. The third-order valence-corrected chi connectivity index (χ3v) is 6.99. The van der Waals surface area contributed by atoms with Crippen LogP contribution >= 0.6 is 11.6 Å². The van der Waals surface area contributed by atoms with E-state index in [1.54, 1.807) is 24.3 Å². The molecule has 2 amide bonds. The maximum absolute atomic E-state index is 15.0. The number of carbonyl (C=O) groups excluding carboxylic acids is 2. The first kappa shape index (κ1) is 28.9. The van der Waals surface area contributed by atoms with Gasteiger partial charge in [-0.3, -0.25) is 4.79 Å². The quantitative estimate of drug-likeness (QED) is 0.325. The van der Waals surface area contributed by atoms with Gasteiger partial charge in [-0.15, -0.1) is 0 Å². The SMILES string of the molecule is CNC(=O)OCCOC(c1cccc(Cl)c1)c1cc(C(=O)NC[C@H](CC2CCCCC2)NC)ccc1F. The van der Waals surface area contributed by atoms with Gasteiger partial charge in [0.25, 0.3) is 5.91 Å². The molecule has 1 unspecified atom stereocenters. The molecule has 3 rings (SSSR count). The number of halogens is 2. The minimum absolute atomic E-state index is 0.0193. The first-order valence-corrected chi connectivity index (χ1v) is 13.3. The molecule has 0 radical (unpaired) electrons. The monoisotopic (exact) mass is 533 g/mol. The zero-order valence-corrected chi connectivity index (χ0v) is 22.3. The van der Waals surface area contributed by atoms with E-state index in [1.165, 1.54) is 57.4 Å². The number of amides is 2. The first-order chi connectivity index (χ1) is 17.9. The summed E-state index contributed by atoms with van der Waals surface area (Å²) in [5.41, 5.74) is 1.15. The lowest BCUT2D eigenvalue weighted by Gasteiger charge is -2.26. The third kappa shape index (κ3) is 8.98. The molecule has 0 aromatic heterocycles. The van der Waals surface area contributed by atoms with Gasteiger partial charge in [0.05, 0.1) is 6.61 Å². The molecule has 37 heavy (non-hydrogen) atoms. The number of nitrogens with one attached hydrogen (secondary N) is 3. The Bertz CT molecular complexity index is 1030. The molecule has 0 saturated heterocycles. The number of ether oxygens (including phenoxy) is 2. The Kier molecular flexibility index (Phi) is 11.6. The molecule has 1 aliphatic rings. The highest BCUT2D eigenvalue weighted by Crippen LogP contribution is 2.31. The largest absolute Gasteiger partial charge is 0.447 e. The van der Waals surface area contributed by atoms with Gasteiger partial charge in [0.15, 0.2) is 0 Å². The lowest BCUT2D eigenvalue weighted by atomic mass is 9.85. The summed E-state index contributed by atoms with van der Waals surface area (Å²) in [7, 11) is 3.37. The van der Waals surface area contributed by atoms with Crippen molar-refractivity contribution in [2.24, 2.45) is 5.92 Å². The van der Waals surface area contributed by atoms with E-state index in [0.29, 0.717) is 28.6 Å². The van der Waals surface area contributed by atoms with Gasteiger partial charge >= 0.3 is 6.09 Å². The smallest absolute Gasteiger partial charge is 0.406 e. The van der Waals surface area contributed by atoms with E-state index in [1.807, 2.05) is 7.05 Å². The number of benzene rings is 2. The molecule has 9 heteroatoms. The van der Waals surface area contributed by atoms with Crippen molar-refractivity contribution >= 4 is 23.6 Å². The molecule has 1 aliphatic carbocycles. The van der Waals surface area contributed by atoms with Gasteiger partial charge in [-0.2, -0.15) is 0 Å². The number of rotatable bonds is 12. The van der Waals surface area contributed by atoms with E-state index >= 15 is 4.39 Å². The molecule has 202 valence electrons. The van der Waals surface area contributed by atoms with Crippen LogP contribution in [-0.2, 0) is 9.47 Å². The standard InChI is InChI=1S/C28H37ClFN3O4/c1-31-23(15-19-7-4-3-5-8-19)18-33-27(34)21-11-12-25(30)24(17-21)26(20-9-6-10-22(29)16-20)36-13-14-37-28(35)32-2/h6,9-12,16-17,19,23,26,31H,3-5,7-8,13-15,18H2,1-2H3,(H,32,35)(H,33,34)/t23-,26?/m0/s1. The zero-order chi connectivity index (χ0) is 26.6. The summed E-state index contributed by atoms with van der Waals surface area (Å²) in [5, 5.41) is 9.14. The lowest BCUT2D eigenvalue weighted by molar-refractivity contribution is 0.0390. The number of carbonyl (C=O) groups is 2. The molecule has 0 spiro atoms. The van der Waals surface area contributed by atoms with E-state index in [2.05, 4.69) is 16.0 Å². The van der Waals surface area contributed by atoms with Gasteiger partial charge in [-0.25, -0.2) is 9.18 Å². The molecule has 1 saturated carbocycles. The van der Waals surface area contributed by atoms with Crippen LogP contribution in [0.1, 0.15) is 66.1 Å². The molecule has 7 nitrogen and oxygen atoms in total. The van der Waals surface area contributed by atoms with Gasteiger partial charge in [-0.05, 0) is 55.3 Å². The van der Waals surface area contributed by atoms with Gasteiger partial charge in [0.2, 0.25) is 0 Å². The molecule has 0 aliphatic heterocycles. The predicted molar refractivity (Wildman–Crippen MR) is 142 cm³/mol. The van der Waals surface area contributed by atoms with Crippen LogP contribution in [0.15, 0.2) is 42.5 Å². The highest BCUT2D eigenvalue weighted by Gasteiger charge is 2.23. The van der Waals surface area contributed by atoms with E-state index in [-0.39, 0.29) is 30.7 Å². The van der Waals surface area contributed by atoms with Crippen molar-refractivity contribution in [1.82, 2.24) is 16.0 Å². The second-order valence-corrected chi connectivity index (χ2v) is 9.80. The van der Waals surface area contributed by atoms with Crippen LogP contribution in [0, 0.1) is 11.7 Å². The highest BCUT2D eigenvalue weighted by molar-refractivity contribution is 6.30. The van der Waals surface area contributed by atoms with Crippen molar-refractivity contribution in [3.05, 3.63) is 70.0 Å². The van der Waals surface area contributed by atoms with Crippen LogP contribution in [0.2, 0.25) is 5.02 Å². The minimum atomic E-state index is -0.851. The van der Waals surface area contributed by atoms with Crippen LogP contribution in [0.3, 0.4) is 0 Å². The van der Waals surface area contributed by atoms with Crippen LogP contribution in [-0.4, -0.2) is 51.9 Å². The Morgan fingerprint density at radius 2 is 1.86 bits per heavy atom. The van der Waals surface area contributed by atoms with Gasteiger partial charge in [0.1, 0.15) is 18.5 Å². The van der Waals surface area contributed by atoms with E-state index in [4.69, 9.17) is 21.1 Å². The fourth-order valence-corrected chi connectivity index (χ4v) is 4.94. The molecule has 1 fully saturated rings. The Morgan fingerprint density at radius 3 is 2.57 bits per heavy atom. The Labute approximate surface area is 223 Å². The average molecular weight is 534 g/mol. The molecule has 0 bridgehead atoms. The molecule has 2 aromatic rings. The normalized spacial score (nSPS) is 15.6. The van der Waals surface area contributed by atoms with Crippen LogP contribution < -0.4 is 16.0 Å². The van der Waals surface area contributed by atoms with Crippen molar-refractivity contribution < 1.29 is 23.5 Å². The van der Waals surface area contributed by atoms with Gasteiger partial charge in [-0.1, -0.05) is 55.8 Å². The van der Waals surface area contributed by atoms with Crippen molar-refractivity contribution in [2.45, 2.75) is 50.7 Å². The minimum Gasteiger partial charge on any atom is -0.447 e. The number of hydrogen-bond acceptors (Lipinski definition) is 5. The summed E-state index contributed by atoms with van der Waals surface area (Å²) in [6.07, 6.45) is 5.94. The van der Waals surface area contributed by atoms with E-state index in [9.17, 15) is 9.59 Å². The number of alkyl carbamates (subject to hydrolysis) is 1. The summed E-state index contributed by atoms with van der Waals surface area (Å²) < 4.78 is 26.0. The molecular weight excluding hydrogens is 497 g/mol. The fourth-order valence-electron chi connectivity index (χ4n) is 4.74. The number of likely N-dealkylation sites (N-methyl/N-ethyl adjacent to an activating group) is 1. The van der Waals surface area contributed by atoms with Crippen LogP contribution in [0.25, 0.3) is 0 Å². The van der Waals surface area contributed by atoms with Crippen molar-refractivity contribution in [3.8, 4) is 0 Å². The van der Waals surface area contributed by atoms with Crippen molar-refractivity contribution in [3.63, 3.8) is 0 Å². The summed E-state index contributed by atoms with van der Waals surface area (Å²) in [6.45, 7) is 0.486.